The molecule has 0 aliphatic heterocycles. The van der Waals surface area contributed by atoms with Gasteiger partial charge in [-0.25, -0.2) is 0 Å². The van der Waals surface area contributed by atoms with Crippen LogP contribution in [-0.4, -0.2) is 15.3 Å². The van der Waals surface area contributed by atoms with E-state index in [0.29, 0.717) is 18.2 Å². The highest BCUT2D eigenvalue weighted by atomic mass is 32.1. The van der Waals surface area contributed by atoms with E-state index >= 15 is 0 Å². The summed E-state index contributed by atoms with van der Waals surface area (Å²) in [6, 6.07) is 7.28. The Hall–Kier alpha value is -1.62. The number of anilines is 1. The molecule has 2 aromatic rings. The second-order valence-corrected chi connectivity index (χ2v) is 5.64. The van der Waals surface area contributed by atoms with Gasteiger partial charge in [-0.2, -0.15) is 0 Å². The first-order valence-corrected chi connectivity index (χ1v) is 6.80. The van der Waals surface area contributed by atoms with Crippen LogP contribution in [-0.2, 0) is 13.0 Å². The molecule has 0 aliphatic carbocycles. The summed E-state index contributed by atoms with van der Waals surface area (Å²) in [5, 5.41) is 22.9. The van der Waals surface area contributed by atoms with Crippen molar-refractivity contribution in [3.63, 3.8) is 0 Å². The minimum Gasteiger partial charge on any atom is -0.508 e. The largest absolute Gasteiger partial charge is 0.508 e. The zero-order valence-electron chi connectivity index (χ0n) is 10.6. The van der Waals surface area contributed by atoms with E-state index in [1.54, 1.807) is 17.4 Å². The molecule has 0 radical (unpaired) electrons. The molecule has 0 aliphatic rings. The molecule has 1 aromatic carbocycles. The molecule has 0 bridgehead atoms. The van der Waals surface area contributed by atoms with Crippen molar-refractivity contribution in [2.75, 3.05) is 5.32 Å². The van der Waals surface area contributed by atoms with E-state index in [1.807, 2.05) is 18.2 Å². The highest BCUT2D eigenvalue weighted by molar-refractivity contribution is 7.15. The van der Waals surface area contributed by atoms with Gasteiger partial charge in [-0.05, 0) is 12.0 Å². The quantitative estimate of drug-likeness (QED) is 0.870. The average molecular weight is 263 g/mol. The van der Waals surface area contributed by atoms with Crippen molar-refractivity contribution in [1.29, 1.82) is 0 Å². The summed E-state index contributed by atoms with van der Waals surface area (Å²) in [4.78, 5) is 0. The first-order valence-electron chi connectivity index (χ1n) is 5.98. The number of phenolic OH excluding ortho intramolecular Hbond substituents is 1. The van der Waals surface area contributed by atoms with Crippen LogP contribution in [0.3, 0.4) is 0 Å². The molecule has 0 saturated carbocycles. The molecule has 1 heterocycles. The van der Waals surface area contributed by atoms with Gasteiger partial charge in [0.15, 0.2) is 0 Å². The van der Waals surface area contributed by atoms with Gasteiger partial charge in [0.1, 0.15) is 10.8 Å². The Kier molecular flexibility index (Phi) is 4.15. The van der Waals surface area contributed by atoms with Gasteiger partial charge in [-0.3, -0.25) is 0 Å². The van der Waals surface area contributed by atoms with Gasteiger partial charge in [0.2, 0.25) is 5.13 Å². The lowest BCUT2D eigenvalue weighted by atomic mass is 10.1. The van der Waals surface area contributed by atoms with Crippen LogP contribution in [0, 0.1) is 5.92 Å². The highest BCUT2D eigenvalue weighted by Gasteiger charge is 2.06. The molecule has 5 heteroatoms. The molecule has 0 saturated heterocycles. The second kappa shape index (κ2) is 5.82. The van der Waals surface area contributed by atoms with Crippen molar-refractivity contribution in [2.24, 2.45) is 5.92 Å². The Labute approximate surface area is 111 Å². The van der Waals surface area contributed by atoms with E-state index in [2.05, 4.69) is 29.4 Å². The van der Waals surface area contributed by atoms with E-state index in [-0.39, 0.29) is 0 Å². The van der Waals surface area contributed by atoms with E-state index in [1.165, 1.54) is 0 Å². The first kappa shape index (κ1) is 12.8. The number of aromatic nitrogens is 2. The molecule has 1 aromatic heterocycles. The second-order valence-electron chi connectivity index (χ2n) is 4.58. The van der Waals surface area contributed by atoms with Crippen molar-refractivity contribution >= 4 is 16.5 Å². The number of aromatic hydroxyl groups is 1. The van der Waals surface area contributed by atoms with E-state index in [4.69, 9.17) is 0 Å². The van der Waals surface area contributed by atoms with Crippen molar-refractivity contribution < 1.29 is 5.11 Å². The fraction of sp³-hybridized carbons (Fsp3) is 0.385. The number of hydrogen-bond acceptors (Lipinski definition) is 5. The van der Waals surface area contributed by atoms with E-state index in [0.717, 1.165) is 22.1 Å². The maximum absolute atomic E-state index is 9.64. The number of phenols is 1. The van der Waals surface area contributed by atoms with Gasteiger partial charge < -0.3 is 10.4 Å². The third kappa shape index (κ3) is 3.43. The maximum atomic E-state index is 9.64. The highest BCUT2D eigenvalue weighted by Crippen LogP contribution is 2.21. The molecule has 2 N–H and O–H groups in total. The number of rotatable bonds is 5. The monoisotopic (exact) mass is 263 g/mol. The van der Waals surface area contributed by atoms with Gasteiger partial charge in [-0.1, -0.05) is 43.4 Å². The van der Waals surface area contributed by atoms with Crippen LogP contribution >= 0.6 is 11.3 Å². The lowest BCUT2D eigenvalue weighted by Crippen LogP contribution is -1.98. The van der Waals surface area contributed by atoms with Gasteiger partial charge in [0.05, 0.1) is 0 Å². The van der Waals surface area contributed by atoms with Crippen LogP contribution in [0.4, 0.5) is 5.13 Å². The normalized spacial score (nSPS) is 10.8. The average Bonchev–Trinajstić information content (AvgIpc) is 2.75. The topological polar surface area (TPSA) is 58.0 Å². The van der Waals surface area contributed by atoms with Gasteiger partial charge in [0, 0.05) is 18.5 Å². The Balaban J connectivity index is 1.94. The smallest absolute Gasteiger partial charge is 0.205 e. The number of nitrogens with zero attached hydrogens (tertiary/aromatic N) is 2. The Morgan fingerprint density at radius 3 is 2.78 bits per heavy atom. The summed E-state index contributed by atoms with van der Waals surface area (Å²) in [6.45, 7) is 4.88. The molecule has 2 rings (SSSR count). The first-order chi connectivity index (χ1) is 8.65. The van der Waals surface area contributed by atoms with Crippen LogP contribution in [0.15, 0.2) is 24.3 Å². The summed E-state index contributed by atoms with van der Waals surface area (Å²) in [5.41, 5.74) is 0.859. The van der Waals surface area contributed by atoms with Crippen LogP contribution in [0.2, 0.25) is 0 Å². The molecule has 18 heavy (non-hydrogen) atoms. The molecule has 0 unspecified atom stereocenters. The lowest BCUT2D eigenvalue weighted by molar-refractivity contribution is 0.469. The van der Waals surface area contributed by atoms with E-state index in [9.17, 15) is 5.11 Å². The standard InChI is InChI=1S/C13H17N3OS/c1-9(2)7-12-15-16-13(18-12)14-8-10-5-3-4-6-11(10)17/h3-6,9,17H,7-8H2,1-2H3,(H,14,16). The fourth-order valence-corrected chi connectivity index (χ4v) is 2.54. The molecule has 0 fully saturated rings. The number of para-hydroxylation sites is 1. The SMILES string of the molecule is CC(C)Cc1nnc(NCc2ccccc2O)s1. The minimum absolute atomic E-state index is 0.303. The molecule has 4 nitrogen and oxygen atoms in total. The van der Waals surface area contributed by atoms with Crippen molar-refractivity contribution in [1.82, 2.24) is 10.2 Å². The molecule has 0 spiro atoms. The predicted octanol–water partition coefficient (Wildman–Crippen LogP) is 3.05. The van der Waals surface area contributed by atoms with Crippen molar-refractivity contribution in [3.8, 4) is 5.75 Å². The van der Waals surface area contributed by atoms with Crippen LogP contribution in [0.1, 0.15) is 24.4 Å². The van der Waals surface area contributed by atoms with Crippen LogP contribution in [0.5, 0.6) is 5.75 Å². The number of benzene rings is 1. The fourth-order valence-electron chi connectivity index (χ4n) is 1.59. The van der Waals surface area contributed by atoms with Crippen LogP contribution < -0.4 is 5.32 Å². The molecule has 96 valence electrons. The maximum Gasteiger partial charge on any atom is 0.205 e. The Morgan fingerprint density at radius 1 is 1.28 bits per heavy atom. The predicted molar refractivity (Wildman–Crippen MR) is 73.9 cm³/mol. The third-order valence-electron chi connectivity index (χ3n) is 2.47. The summed E-state index contributed by atoms with van der Waals surface area (Å²) in [7, 11) is 0. The lowest BCUT2D eigenvalue weighted by Gasteiger charge is -2.04. The van der Waals surface area contributed by atoms with Gasteiger partial charge >= 0.3 is 0 Å². The van der Waals surface area contributed by atoms with Crippen molar-refractivity contribution in [2.45, 2.75) is 26.8 Å². The van der Waals surface area contributed by atoms with Gasteiger partial charge in [-0.15, -0.1) is 10.2 Å². The van der Waals surface area contributed by atoms with Gasteiger partial charge in [0.25, 0.3) is 0 Å². The van der Waals surface area contributed by atoms with Crippen molar-refractivity contribution in [3.05, 3.63) is 34.8 Å². The number of nitrogens with one attached hydrogen (secondary N) is 1. The summed E-state index contributed by atoms with van der Waals surface area (Å²) < 4.78 is 0. The molecular weight excluding hydrogens is 246 g/mol. The third-order valence-corrected chi connectivity index (χ3v) is 3.37. The summed E-state index contributed by atoms with van der Waals surface area (Å²) >= 11 is 1.57. The Bertz CT molecular complexity index is 510. The molecular formula is C13H17N3OS. The van der Waals surface area contributed by atoms with Crippen LogP contribution in [0.25, 0.3) is 0 Å². The number of hydrogen-bond donors (Lipinski definition) is 2. The Morgan fingerprint density at radius 2 is 2.06 bits per heavy atom. The minimum atomic E-state index is 0.303. The zero-order chi connectivity index (χ0) is 13.0. The zero-order valence-corrected chi connectivity index (χ0v) is 11.4. The molecule has 0 atom stereocenters. The van der Waals surface area contributed by atoms with E-state index < -0.39 is 0 Å². The molecule has 0 amide bonds. The summed E-state index contributed by atoms with van der Waals surface area (Å²) in [6.07, 6.45) is 0.954. The summed E-state index contributed by atoms with van der Waals surface area (Å²) in [5.74, 6) is 0.890.